The maximum absolute atomic E-state index is 11.5. The summed E-state index contributed by atoms with van der Waals surface area (Å²) < 4.78 is 0. The Morgan fingerprint density at radius 2 is 2.20 bits per heavy atom. The Labute approximate surface area is 92.3 Å². The zero-order valence-corrected chi connectivity index (χ0v) is 9.88. The number of aliphatic hydroxyl groups is 1. The summed E-state index contributed by atoms with van der Waals surface area (Å²) in [6.07, 6.45) is 5.97. The van der Waals surface area contributed by atoms with Crippen LogP contribution in [0.15, 0.2) is 0 Å². The Bertz CT molecular complexity index is 210. The second kappa shape index (κ2) is 5.50. The summed E-state index contributed by atoms with van der Waals surface area (Å²) >= 11 is 0. The molecular weight excluding hydrogens is 190 g/mol. The first-order chi connectivity index (χ1) is 7.03. The van der Waals surface area contributed by atoms with E-state index in [1.165, 1.54) is 19.3 Å². The number of carbonyl (C=O) groups excluding carboxylic acids is 1. The maximum Gasteiger partial charge on any atom is 0.220 e. The fourth-order valence-corrected chi connectivity index (χ4v) is 1.95. The molecule has 1 unspecified atom stereocenters. The lowest BCUT2D eigenvalue weighted by molar-refractivity contribution is -0.123. The summed E-state index contributed by atoms with van der Waals surface area (Å²) in [5.74, 6) is 0.692. The lowest BCUT2D eigenvalue weighted by atomic mass is 9.83. The van der Waals surface area contributed by atoms with E-state index in [2.05, 4.69) is 5.32 Å². The predicted molar refractivity (Wildman–Crippen MR) is 60.5 cm³/mol. The molecule has 1 atom stereocenters. The molecule has 0 saturated heterocycles. The van der Waals surface area contributed by atoms with Gasteiger partial charge in [0.2, 0.25) is 5.91 Å². The monoisotopic (exact) mass is 213 g/mol. The normalized spacial score (nSPS) is 20.5. The average Bonchev–Trinajstić information content (AvgIpc) is 2.08. The van der Waals surface area contributed by atoms with Crippen molar-refractivity contribution in [2.75, 3.05) is 6.54 Å². The molecule has 1 aliphatic rings. The summed E-state index contributed by atoms with van der Waals surface area (Å²) in [6, 6.07) is 0. The fraction of sp³-hybridized carbons (Fsp3) is 0.917. The summed E-state index contributed by atoms with van der Waals surface area (Å²) in [5, 5.41) is 12.7. The Morgan fingerprint density at radius 1 is 1.53 bits per heavy atom. The highest BCUT2D eigenvalue weighted by Crippen LogP contribution is 2.29. The van der Waals surface area contributed by atoms with Crippen LogP contribution in [0.25, 0.3) is 0 Å². The second-order valence-corrected chi connectivity index (χ2v) is 5.02. The van der Waals surface area contributed by atoms with Crippen molar-refractivity contribution in [1.82, 2.24) is 5.32 Å². The molecule has 1 aliphatic carbocycles. The fourth-order valence-electron chi connectivity index (χ4n) is 1.95. The zero-order chi connectivity index (χ0) is 11.3. The molecular formula is C12H23NO2. The predicted octanol–water partition coefficient (Wildman–Crippen LogP) is 1.84. The Balaban J connectivity index is 2.14. The van der Waals surface area contributed by atoms with Gasteiger partial charge in [0.05, 0.1) is 5.60 Å². The van der Waals surface area contributed by atoms with Crippen LogP contribution in [0.3, 0.4) is 0 Å². The number of hydrogen-bond donors (Lipinski definition) is 2. The third kappa shape index (κ3) is 4.65. The highest BCUT2D eigenvalue weighted by Gasteiger charge is 2.23. The molecule has 0 spiro atoms. The molecule has 88 valence electrons. The molecule has 0 aliphatic heterocycles. The highest BCUT2D eigenvalue weighted by atomic mass is 16.3. The third-order valence-corrected chi connectivity index (χ3v) is 3.15. The average molecular weight is 213 g/mol. The van der Waals surface area contributed by atoms with Crippen molar-refractivity contribution >= 4 is 5.91 Å². The molecule has 1 saturated carbocycles. The molecule has 0 aromatic heterocycles. The van der Waals surface area contributed by atoms with E-state index in [1.807, 2.05) is 6.92 Å². The lowest BCUT2D eigenvalue weighted by Gasteiger charge is -2.26. The molecule has 1 amide bonds. The minimum absolute atomic E-state index is 0.0936. The van der Waals surface area contributed by atoms with Crippen molar-refractivity contribution in [2.24, 2.45) is 5.92 Å². The van der Waals surface area contributed by atoms with Crippen LogP contribution in [0.5, 0.6) is 0 Å². The van der Waals surface area contributed by atoms with Crippen LogP contribution in [-0.4, -0.2) is 23.2 Å². The van der Waals surface area contributed by atoms with E-state index in [4.69, 9.17) is 0 Å². The first-order valence-corrected chi connectivity index (χ1v) is 6.02. The van der Waals surface area contributed by atoms with Crippen LogP contribution in [0, 0.1) is 5.92 Å². The summed E-state index contributed by atoms with van der Waals surface area (Å²) in [7, 11) is 0. The van der Waals surface area contributed by atoms with E-state index in [-0.39, 0.29) is 5.91 Å². The van der Waals surface area contributed by atoms with E-state index >= 15 is 0 Å². The molecule has 3 nitrogen and oxygen atoms in total. The van der Waals surface area contributed by atoms with Gasteiger partial charge in [0.15, 0.2) is 0 Å². The SMILES string of the molecule is CCCC(C)(O)CNC(=O)CC1CCC1. The van der Waals surface area contributed by atoms with Gasteiger partial charge in [0.1, 0.15) is 0 Å². The Kier molecular flexibility index (Phi) is 4.58. The summed E-state index contributed by atoms with van der Waals surface area (Å²) in [4.78, 5) is 11.5. The van der Waals surface area contributed by atoms with Gasteiger partial charge < -0.3 is 10.4 Å². The van der Waals surface area contributed by atoms with Crippen LogP contribution < -0.4 is 5.32 Å². The third-order valence-electron chi connectivity index (χ3n) is 3.15. The van der Waals surface area contributed by atoms with Gasteiger partial charge >= 0.3 is 0 Å². The summed E-state index contributed by atoms with van der Waals surface area (Å²) in [6.45, 7) is 4.19. The Morgan fingerprint density at radius 3 is 2.67 bits per heavy atom. The molecule has 0 radical (unpaired) electrons. The van der Waals surface area contributed by atoms with Gasteiger partial charge in [-0.25, -0.2) is 0 Å². The Hall–Kier alpha value is -0.570. The van der Waals surface area contributed by atoms with E-state index in [0.29, 0.717) is 18.9 Å². The smallest absolute Gasteiger partial charge is 0.220 e. The second-order valence-electron chi connectivity index (χ2n) is 5.02. The molecule has 3 heteroatoms. The molecule has 0 aromatic rings. The van der Waals surface area contributed by atoms with Crippen molar-refractivity contribution in [3.05, 3.63) is 0 Å². The van der Waals surface area contributed by atoms with Crippen LogP contribution in [0.4, 0.5) is 0 Å². The van der Waals surface area contributed by atoms with Crippen LogP contribution >= 0.6 is 0 Å². The van der Waals surface area contributed by atoms with Crippen molar-refractivity contribution in [3.8, 4) is 0 Å². The minimum Gasteiger partial charge on any atom is -0.388 e. The largest absolute Gasteiger partial charge is 0.388 e. The number of amides is 1. The van der Waals surface area contributed by atoms with Crippen LogP contribution in [0.1, 0.15) is 52.4 Å². The number of carbonyl (C=O) groups is 1. The zero-order valence-electron chi connectivity index (χ0n) is 9.88. The van der Waals surface area contributed by atoms with Gasteiger partial charge in [-0.1, -0.05) is 19.8 Å². The standard InChI is InChI=1S/C12H23NO2/c1-3-7-12(2,15)9-13-11(14)8-10-5-4-6-10/h10,15H,3-9H2,1-2H3,(H,13,14). The lowest BCUT2D eigenvalue weighted by Crippen LogP contribution is -2.41. The molecule has 1 fully saturated rings. The van der Waals surface area contributed by atoms with Crippen LogP contribution in [0.2, 0.25) is 0 Å². The highest BCUT2D eigenvalue weighted by molar-refractivity contribution is 5.76. The summed E-state index contributed by atoms with van der Waals surface area (Å²) in [5.41, 5.74) is -0.746. The first kappa shape index (κ1) is 12.5. The van der Waals surface area contributed by atoms with Crippen molar-refractivity contribution in [3.63, 3.8) is 0 Å². The maximum atomic E-state index is 11.5. The topological polar surface area (TPSA) is 49.3 Å². The van der Waals surface area contributed by atoms with E-state index in [0.717, 1.165) is 12.8 Å². The molecule has 1 rings (SSSR count). The quantitative estimate of drug-likeness (QED) is 0.707. The van der Waals surface area contributed by atoms with Crippen molar-refractivity contribution in [2.45, 2.75) is 58.0 Å². The molecule has 0 bridgehead atoms. The molecule has 15 heavy (non-hydrogen) atoms. The van der Waals surface area contributed by atoms with E-state index in [9.17, 15) is 9.90 Å². The number of nitrogens with one attached hydrogen (secondary N) is 1. The van der Waals surface area contributed by atoms with Gasteiger partial charge in [-0.3, -0.25) is 4.79 Å². The molecule has 2 N–H and O–H groups in total. The minimum atomic E-state index is -0.746. The number of rotatable bonds is 6. The van der Waals surface area contributed by atoms with E-state index in [1.54, 1.807) is 6.92 Å². The molecule has 0 heterocycles. The van der Waals surface area contributed by atoms with Gasteiger partial charge in [-0.15, -0.1) is 0 Å². The van der Waals surface area contributed by atoms with Crippen molar-refractivity contribution in [1.29, 1.82) is 0 Å². The van der Waals surface area contributed by atoms with Gasteiger partial charge in [-0.05, 0) is 32.1 Å². The molecule has 0 aromatic carbocycles. The van der Waals surface area contributed by atoms with E-state index < -0.39 is 5.60 Å². The van der Waals surface area contributed by atoms with Gasteiger partial charge in [0.25, 0.3) is 0 Å². The van der Waals surface area contributed by atoms with Gasteiger partial charge in [0, 0.05) is 13.0 Å². The number of hydrogen-bond acceptors (Lipinski definition) is 2. The first-order valence-electron chi connectivity index (χ1n) is 6.02. The van der Waals surface area contributed by atoms with Gasteiger partial charge in [-0.2, -0.15) is 0 Å². The van der Waals surface area contributed by atoms with Crippen LogP contribution in [-0.2, 0) is 4.79 Å². The van der Waals surface area contributed by atoms with Crippen molar-refractivity contribution < 1.29 is 9.90 Å².